The number of nitrogens with one attached hydrogen (secondary N) is 1. The SMILES string of the molecule is CO[C@H](C(=O)Nc1nnc(O[C@H]2CN(c3cccnn3)C[C@@H]2F)s1)c1ccc(C)s1. The van der Waals surface area contributed by atoms with E-state index in [1.54, 1.807) is 23.2 Å². The molecule has 4 heterocycles. The van der Waals surface area contributed by atoms with Crippen molar-refractivity contribution < 1.29 is 18.7 Å². The topological polar surface area (TPSA) is 102 Å². The van der Waals surface area contributed by atoms with Gasteiger partial charge in [-0.05, 0) is 42.5 Å². The molecule has 3 aromatic heterocycles. The predicted octanol–water partition coefficient (Wildman–Crippen LogP) is 2.63. The molecule has 0 aromatic carbocycles. The molecular formula is C18H19FN6O3S2. The molecule has 1 amide bonds. The molecule has 158 valence electrons. The van der Waals surface area contributed by atoms with Gasteiger partial charge in [0.2, 0.25) is 5.13 Å². The van der Waals surface area contributed by atoms with E-state index in [-0.39, 0.29) is 22.8 Å². The number of anilines is 2. The molecule has 12 heteroatoms. The number of alkyl halides is 1. The summed E-state index contributed by atoms with van der Waals surface area (Å²) in [5.74, 6) is 0.228. The van der Waals surface area contributed by atoms with E-state index in [0.29, 0.717) is 12.4 Å². The van der Waals surface area contributed by atoms with Crippen molar-refractivity contribution in [3.8, 4) is 5.19 Å². The van der Waals surface area contributed by atoms with E-state index in [4.69, 9.17) is 9.47 Å². The summed E-state index contributed by atoms with van der Waals surface area (Å²) in [6, 6.07) is 7.29. The van der Waals surface area contributed by atoms with Gasteiger partial charge in [0.25, 0.3) is 11.1 Å². The van der Waals surface area contributed by atoms with Crippen LogP contribution in [0.1, 0.15) is 15.9 Å². The zero-order chi connectivity index (χ0) is 21.1. The number of halogens is 1. The Hall–Kier alpha value is -2.70. The average Bonchev–Trinajstić information content (AvgIpc) is 3.45. The van der Waals surface area contributed by atoms with Crippen LogP contribution in [-0.2, 0) is 9.53 Å². The molecule has 3 atom stereocenters. The molecule has 30 heavy (non-hydrogen) atoms. The molecular weight excluding hydrogens is 431 g/mol. The van der Waals surface area contributed by atoms with Crippen molar-refractivity contribution in [1.82, 2.24) is 20.4 Å². The lowest BCUT2D eigenvalue weighted by Gasteiger charge is -2.15. The number of rotatable bonds is 7. The molecule has 1 saturated heterocycles. The van der Waals surface area contributed by atoms with Gasteiger partial charge in [-0.25, -0.2) is 4.39 Å². The molecule has 0 spiro atoms. The molecule has 0 saturated carbocycles. The molecule has 0 unspecified atom stereocenters. The molecule has 1 aliphatic heterocycles. The average molecular weight is 451 g/mol. The van der Waals surface area contributed by atoms with Gasteiger partial charge in [-0.2, -0.15) is 5.10 Å². The first-order valence-electron chi connectivity index (χ1n) is 9.10. The standard InChI is InChI=1S/C18H19FN6O3S2/c1-10-5-6-13(29-10)15(27-2)16(26)21-17-23-24-18(30-17)28-12-9-25(8-11(12)19)14-4-3-7-20-22-14/h3-7,11-12,15H,8-9H2,1-2H3,(H,21,23,26)/t11-,12-,15-/m0/s1. The van der Waals surface area contributed by atoms with Crippen LogP contribution in [-0.4, -0.2) is 58.8 Å². The van der Waals surface area contributed by atoms with Crippen LogP contribution in [0.15, 0.2) is 30.5 Å². The fourth-order valence-electron chi connectivity index (χ4n) is 3.05. The van der Waals surface area contributed by atoms with Crippen molar-refractivity contribution in [3.63, 3.8) is 0 Å². The summed E-state index contributed by atoms with van der Waals surface area (Å²) >= 11 is 2.52. The molecule has 9 nitrogen and oxygen atoms in total. The van der Waals surface area contributed by atoms with Crippen molar-refractivity contribution in [2.45, 2.75) is 25.3 Å². The summed E-state index contributed by atoms with van der Waals surface area (Å²) in [5.41, 5.74) is 0. The minimum Gasteiger partial charge on any atom is -0.461 e. The zero-order valence-corrected chi connectivity index (χ0v) is 17.8. The molecule has 1 fully saturated rings. The quantitative estimate of drug-likeness (QED) is 0.586. The number of methoxy groups -OCH3 is 1. The Balaban J connectivity index is 1.36. The van der Waals surface area contributed by atoms with E-state index >= 15 is 0 Å². The minimum absolute atomic E-state index is 0.154. The third-order valence-corrected chi connectivity index (χ3v) is 6.24. The number of amides is 1. The maximum atomic E-state index is 14.4. The van der Waals surface area contributed by atoms with Crippen molar-refractivity contribution >= 4 is 39.5 Å². The number of hydrogen-bond acceptors (Lipinski definition) is 10. The predicted molar refractivity (Wildman–Crippen MR) is 111 cm³/mol. The first-order valence-corrected chi connectivity index (χ1v) is 10.7. The largest absolute Gasteiger partial charge is 0.461 e. The van der Waals surface area contributed by atoms with Crippen LogP contribution < -0.4 is 15.0 Å². The van der Waals surface area contributed by atoms with E-state index in [2.05, 4.69) is 25.7 Å². The third-order valence-electron chi connectivity index (χ3n) is 4.46. The highest BCUT2D eigenvalue weighted by Crippen LogP contribution is 2.30. The minimum atomic E-state index is -1.21. The normalized spacial score (nSPS) is 19.6. The van der Waals surface area contributed by atoms with Gasteiger partial charge in [0.15, 0.2) is 24.2 Å². The molecule has 3 aromatic rings. The van der Waals surface area contributed by atoms with Crippen LogP contribution >= 0.6 is 22.7 Å². The number of nitrogens with zero attached hydrogens (tertiary/aromatic N) is 5. The Morgan fingerprint density at radius 2 is 2.13 bits per heavy atom. The number of ether oxygens (including phenoxy) is 2. The van der Waals surface area contributed by atoms with E-state index < -0.39 is 18.4 Å². The second-order valence-electron chi connectivity index (χ2n) is 6.59. The number of hydrogen-bond donors (Lipinski definition) is 1. The van der Waals surface area contributed by atoms with Gasteiger partial charge in [-0.3, -0.25) is 10.1 Å². The van der Waals surface area contributed by atoms with Gasteiger partial charge in [0.1, 0.15) is 0 Å². The Kier molecular flexibility index (Phi) is 6.16. The van der Waals surface area contributed by atoms with E-state index in [1.165, 1.54) is 18.4 Å². The molecule has 0 radical (unpaired) electrons. The van der Waals surface area contributed by atoms with Gasteiger partial charge >= 0.3 is 0 Å². The highest BCUT2D eigenvalue weighted by atomic mass is 32.1. The maximum Gasteiger partial charge on any atom is 0.296 e. The number of aromatic nitrogens is 4. The van der Waals surface area contributed by atoms with Gasteiger partial charge in [0, 0.05) is 23.1 Å². The number of carbonyl (C=O) groups excluding carboxylic acids is 1. The van der Waals surface area contributed by atoms with Crippen molar-refractivity contribution in [1.29, 1.82) is 0 Å². The monoisotopic (exact) mass is 450 g/mol. The van der Waals surface area contributed by atoms with Gasteiger partial charge in [0.05, 0.1) is 13.1 Å². The summed E-state index contributed by atoms with van der Waals surface area (Å²) in [5, 5.41) is 18.7. The molecule has 1 N–H and O–H groups in total. The third kappa shape index (κ3) is 4.55. The Labute approximate surface area is 179 Å². The van der Waals surface area contributed by atoms with Gasteiger partial charge in [-0.15, -0.1) is 21.5 Å². The van der Waals surface area contributed by atoms with Crippen LogP contribution in [0.4, 0.5) is 15.3 Å². The molecule has 0 bridgehead atoms. The number of thiophene rings is 1. The fourth-order valence-corrected chi connectivity index (χ4v) is 4.66. The summed E-state index contributed by atoms with van der Waals surface area (Å²) in [7, 11) is 1.47. The molecule has 0 aliphatic carbocycles. The lowest BCUT2D eigenvalue weighted by atomic mass is 10.2. The van der Waals surface area contributed by atoms with Crippen LogP contribution in [0.5, 0.6) is 5.19 Å². The lowest BCUT2D eigenvalue weighted by molar-refractivity contribution is -0.125. The second-order valence-corrected chi connectivity index (χ2v) is 8.85. The van der Waals surface area contributed by atoms with Crippen LogP contribution in [0, 0.1) is 6.92 Å². The van der Waals surface area contributed by atoms with Gasteiger partial charge < -0.3 is 14.4 Å². The summed E-state index contributed by atoms with van der Waals surface area (Å²) in [6.07, 6.45) is -1.12. The van der Waals surface area contributed by atoms with Gasteiger partial charge in [-0.1, -0.05) is 5.10 Å². The first-order chi connectivity index (χ1) is 14.5. The smallest absolute Gasteiger partial charge is 0.296 e. The highest BCUT2D eigenvalue weighted by molar-refractivity contribution is 7.17. The first kappa shape index (κ1) is 20.6. The summed E-state index contributed by atoms with van der Waals surface area (Å²) in [6.45, 7) is 2.42. The second kappa shape index (κ2) is 8.98. The summed E-state index contributed by atoms with van der Waals surface area (Å²) < 4.78 is 25.4. The fraction of sp³-hybridized carbons (Fsp3) is 0.389. The zero-order valence-electron chi connectivity index (χ0n) is 16.2. The van der Waals surface area contributed by atoms with Crippen LogP contribution in [0.2, 0.25) is 0 Å². The molecule has 4 rings (SSSR count). The maximum absolute atomic E-state index is 14.4. The lowest BCUT2D eigenvalue weighted by Crippen LogP contribution is -2.27. The molecule has 1 aliphatic rings. The Bertz CT molecular complexity index is 1000. The Morgan fingerprint density at radius 3 is 2.83 bits per heavy atom. The van der Waals surface area contributed by atoms with E-state index in [0.717, 1.165) is 21.1 Å². The van der Waals surface area contributed by atoms with Crippen LogP contribution in [0.25, 0.3) is 0 Å². The number of carbonyl (C=O) groups is 1. The van der Waals surface area contributed by atoms with Crippen molar-refractivity contribution in [2.24, 2.45) is 0 Å². The van der Waals surface area contributed by atoms with E-state index in [9.17, 15) is 9.18 Å². The Morgan fingerprint density at radius 1 is 1.27 bits per heavy atom. The van der Waals surface area contributed by atoms with Crippen LogP contribution in [0.3, 0.4) is 0 Å². The highest BCUT2D eigenvalue weighted by Gasteiger charge is 2.36. The van der Waals surface area contributed by atoms with E-state index in [1.807, 2.05) is 19.1 Å². The number of aryl methyl sites for hydroxylation is 1. The summed E-state index contributed by atoms with van der Waals surface area (Å²) in [4.78, 5) is 16.2. The van der Waals surface area contributed by atoms with Crippen molar-refractivity contribution in [3.05, 3.63) is 40.2 Å². The van der Waals surface area contributed by atoms with Crippen molar-refractivity contribution in [2.75, 3.05) is 30.4 Å².